The number of hydrogen-bond acceptors (Lipinski definition) is 2. The Morgan fingerprint density at radius 2 is 1.56 bits per heavy atom. The third kappa shape index (κ3) is 2.98. The van der Waals surface area contributed by atoms with Crippen LogP contribution < -0.4 is 0 Å². The molecule has 3 nitrogen and oxygen atoms in total. The molecule has 25 heavy (non-hydrogen) atoms. The van der Waals surface area contributed by atoms with Crippen molar-refractivity contribution in [2.45, 2.75) is 44.2 Å². The van der Waals surface area contributed by atoms with Gasteiger partial charge in [-0.05, 0) is 43.4 Å². The number of aromatic nitrogens is 2. The molecule has 0 spiro atoms. The van der Waals surface area contributed by atoms with Crippen molar-refractivity contribution in [2.24, 2.45) is 0 Å². The summed E-state index contributed by atoms with van der Waals surface area (Å²) in [5.74, 6) is 2.05. The highest BCUT2D eigenvalue weighted by molar-refractivity contribution is 5.76. The number of imidazole rings is 1. The van der Waals surface area contributed by atoms with Crippen LogP contribution in [0.5, 0.6) is 0 Å². The smallest absolute Gasteiger partial charge is 0.113 e. The number of likely N-dealkylation sites (tertiary alicyclic amines) is 1. The maximum atomic E-state index is 4.99. The molecule has 0 amide bonds. The average molecular weight is 331 g/mol. The molecule has 2 aliphatic rings. The molecule has 1 aliphatic heterocycles. The second kappa shape index (κ2) is 6.30. The van der Waals surface area contributed by atoms with E-state index in [1.807, 2.05) is 0 Å². The zero-order valence-electron chi connectivity index (χ0n) is 14.6. The molecule has 128 valence electrons. The van der Waals surface area contributed by atoms with Crippen LogP contribution in [0.3, 0.4) is 0 Å². The van der Waals surface area contributed by atoms with Crippen LogP contribution in [0.15, 0.2) is 54.6 Å². The Balaban J connectivity index is 1.35. The summed E-state index contributed by atoms with van der Waals surface area (Å²) in [6, 6.07) is 20.1. The molecule has 3 heteroatoms. The Kier molecular flexibility index (Phi) is 3.82. The first-order valence-electron chi connectivity index (χ1n) is 9.61. The lowest BCUT2D eigenvalue weighted by atomic mass is 10.0. The predicted octanol–water partition coefficient (Wildman–Crippen LogP) is 4.75. The number of rotatable bonds is 4. The van der Waals surface area contributed by atoms with Gasteiger partial charge in [0.15, 0.2) is 0 Å². The molecular formula is C22H25N3. The van der Waals surface area contributed by atoms with Crippen LogP contribution in [-0.4, -0.2) is 27.5 Å². The average Bonchev–Trinajstić information content (AvgIpc) is 3.44. The topological polar surface area (TPSA) is 21.1 Å². The van der Waals surface area contributed by atoms with E-state index in [4.69, 9.17) is 4.98 Å². The van der Waals surface area contributed by atoms with Gasteiger partial charge >= 0.3 is 0 Å². The lowest BCUT2D eigenvalue weighted by molar-refractivity contribution is 0.180. The molecule has 1 aliphatic carbocycles. The van der Waals surface area contributed by atoms with Crippen molar-refractivity contribution in [3.63, 3.8) is 0 Å². The van der Waals surface area contributed by atoms with Crippen LogP contribution in [0, 0.1) is 0 Å². The second-order valence-electron chi connectivity index (χ2n) is 7.60. The molecular weight excluding hydrogens is 306 g/mol. The van der Waals surface area contributed by atoms with E-state index in [-0.39, 0.29) is 0 Å². The molecule has 3 aromatic rings. The molecule has 2 aromatic carbocycles. The molecule has 1 aromatic heterocycles. The summed E-state index contributed by atoms with van der Waals surface area (Å²) in [7, 11) is 0. The molecule has 1 saturated heterocycles. The van der Waals surface area contributed by atoms with Gasteiger partial charge in [-0.1, -0.05) is 42.5 Å². The normalized spacial score (nSPS) is 19.5. The number of benzene rings is 2. The van der Waals surface area contributed by atoms with E-state index < -0.39 is 0 Å². The fraction of sp³-hybridized carbons (Fsp3) is 0.409. The molecule has 1 saturated carbocycles. The monoisotopic (exact) mass is 331 g/mol. The third-order valence-corrected chi connectivity index (χ3v) is 5.74. The fourth-order valence-corrected chi connectivity index (χ4v) is 4.25. The van der Waals surface area contributed by atoms with Crippen molar-refractivity contribution in [3.05, 3.63) is 66.0 Å². The van der Waals surface area contributed by atoms with E-state index in [2.05, 4.69) is 64.1 Å². The molecule has 0 bridgehead atoms. The van der Waals surface area contributed by atoms with Gasteiger partial charge in [-0.3, -0.25) is 4.90 Å². The van der Waals surface area contributed by atoms with Gasteiger partial charge in [0, 0.05) is 31.6 Å². The van der Waals surface area contributed by atoms with Gasteiger partial charge in [-0.25, -0.2) is 4.98 Å². The fourth-order valence-electron chi connectivity index (χ4n) is 4.25. The van der Waals surface area contributed by atoms with Crippen molar-refractivity contribution in [1.82, 2.24) is 14.5 Å². The molecule has 0 unspecified atom stereocenters. The Hall–Kier alpha value is -2.13. The molecule has 0 N–H and O–H groups in total. The van der Waals surface area contributed by atoms with Crippen LogP contribution in [0.2, 0.25) is 0 Å². The Morgan fingerprint density at radius 1 is 0.840 bits per heavy atom. The van der Waals surface area contributed by atoms with Gasteiger partial charge in [-0.2, -0.15) is 0 Å². The minimum atomic E-state index is 0.607. The zero-order chi connectivity index (χ0) is 16.6. The summed E-state index contributed by atoms with van der Waals surface area (Å²) in [5.41, 5.74) is 3.94. The minimum absolute atomic E-state index is 0.607. The lowest BCUT2D eigenvalue weighted by Gasteiger charge is -2.33. The first kappa shape index (κ1) is 15.2. The molecule has 5 rings (SSSR count). The van der Waals surface area contributed by atoms with Crippen molar-refractivity contribution < 1.29 is 0 Å². The summed E-state index contributed by atoms with van der Waals surface area (Å²) in [6.45, 7) is 3.43. The van der Waals surface area contributed by atoms with E-state index in [1.54, 1.807) is 0 Å². The van der Waals surface area contributed by atoms with Crippen LogP contribution in [-0.2, 0) is 6.54 Å². The molecule has 2 fully saturated rings. The van der Waals surface area contributed by atoms with Crippen molar-refractivity contribution >= 4 is 11.0 Å². The van der Waals surface area contributed by atoms with E-state index in [0.717, 1.165) is 6.54 Å². The van der Waals surface area contributed by atoms with Gasteiger partial charge in [0.25, 0.3) is 0 Å². The second-order valence-corrected chi connectivity index (χ2v) is 7.60. The van der Waals surface area contributed by atoms with Gasteiger partial charge < -0.3 is 4.57 Å². The zero-order valence-corrected chi connectivity index (χ0v) is 14.6. The van der Waals surface area contributed by atoms with Crippen molar-refractivity contribution in [2.75, 3.05) is 13.1 Å². The van der Waals surface area contributed by atoms with E-state index in [1.165, 1.54) is 61.2 Å². The van der Waals surface area contributed by atoms with E-state index >= 15 is 0 Å². The summed E-state index contributed by atoms with van der Waals surface area (Å²) in [4.78, 5) is 7.58. The Labute approximate surface area is 149 Å². The molecule has 0 atom stereocenters. The van der Waals surface area contributed by atoms with E-state index in [0.29, 0.717) is 12.0 Å². The quantitative estimate of drug-likeness (QED) is 0.688. The maximum absolute atomic E-state index is 4.99. The SMILES string of the molecule is c1ccc(CN2CCC(n3c(C4CC4)nc4ccccc43)CC2)cc1. The number of hydrogen-bond donors (Lipinski definition) is 0. The first-order chi connectivity index (χ1) is 12.4. The van der Waals surface area contributed by atoms with Gasteiger partial charge in [0.1, 0.15) is 5.82 Å². The number of piperidine rings is 1. The van der Waals surface area contributed by atoms with Gasteiger partial charge in [0.05, 0.1) is 11.0 Å². The highest BCUT2D eigenvalue weighted by Gasteiger charge is 2.32. The van der Waals surface area contributed by atoms with Crippen molar-refractivity contribution in [1.29, 1.82) is 0 Å². The predicted molar refractivity (Wildman–Crippen MR) is 102 cm³/mol. The minimum Gasteiger partial charge on any atom is -0.325 e. The third-order valence-electron chi connectivity index (χ3n) is 5.74. The highest BCUT2D eigenvalue weighted by Crippen LogP contribution is 2.43. The highest BCUT2D eigenvalue weighted by atomic mass is 15.2. The number of para-hydroxylation sites is 2. The number of nitrogens with zero attached hydrogens (tertiary/aromatic N) is 3. The maximum Gasteiger partial charge on any atom is 0.113 e. The van der Waals surface area contributed by atoms with E-state index in [9.17, 15) is 0 Å². The van der Waals surface area contributed by atoms with Gasteiger partial charge in [-0.15, -0.1) is 0 Å². The molecule has 0 radical (unpaired) electrons. The standard InChI is InChI=1S/C22H25N3/c1-2-6-17(7-3-1)16-24-14-12-19(13-15-24)25-21-9-5-4-8-20(21)23-22(25)18-10-11-18/h1-9,18-19H,10-16H2. The first-order valence-corrected chi connectivity index (χ1v) is 9.61. The largest absolute Gasteiger partial charge is 0.325 e. The lowest BCUT2D eigenvalue weighted by Crippen LogP contribution is -2.34. The summed E-state index contributed by atoms with van der Waals surface area (Å²) >= 11 is 0. The summed E-state index contributed by atoms with van der Waals surface area (Å²) in [5, 5.41) is 0. The Bertz CT molecular complexity index is 855. The summed E-state index contributed by atoms with van der Waals surface area (Å²) in [6.07, 6.45) is 5.09. The number of fused-ring (bicyclic) bond motifs is 1. The van der Waals surface area contributed by atoms with Crippen molar-refractivity contribution in [3.8, 4) is 0 Å². The van der Waals surface area contributed by atoms with Crippen LogP contribution in [0.25, 0.3) is 11.0 Å². The van der Waals surface area contributed by atoms with Crippen LogP contribution in [0.4, 0.5) is 0 Å². The summed E-state index contributed by atoms with van der Waals surface area (Å²) < 4.78 is 2.59. The van der Waals surface area contributed by atoms with Crippen LogP contribution >= 0.6 is 0 Å². The Morgan fingerprint density at radius 3 is 2.32 bits per heavy atom. The molecule has 2 heterocycles. The van der Waals surface area contributed by atoms with Crippen LogP contribution in [0.1, 0.15) is 49.0 Å². The van der Waals surface area contributed by atoms with Gasteiger partial charge in [0.2, 0.25) is 0 Å².